The minimum absolute atomic E-state index is 0.414. The lowest BCUT2D eigenvalue weighted by Crippen LogP contribution is -2.39. The summed E-state index contributed by atoms with van der Waals surface area (Å²) in [6.45, 7) is 1.67. The van der Waals surface area contributed by atoms with E-state index in [1.165, 1.54) is 0 Å². The molecular formula is C14H17ClN4O2. The molecule has 0 spiro atoms. The summed E-state index contributed by atoms with van der Waals surface area (Å²) in [5.74, 6) is 0. The van der Waals surface area contributed by atoms with Crippen LogP contribution in [0, 0.1) is 0 Å². The molecule has 0 aliphatic carbocycles. The zero-order chi connectivity index (χ0) is 15.1. The number of imidazole rings is 1. The lowest BCUT2D eigenvalue weighted by atomic mass is 10.3. The largest absolute Gasteiger partial charge is 0.463 e. The summed E-state index contributed by atoms with van der Waals surface area (Å²) in [6.07, 6.45) is 4.31. The van der Waals surface area contributed by atoms with E-state index in [0.29, 0.717) is 24.1 Å². The number of anilines is 1. The fraction of sp³-hybridized carbons (Fsp3) is 0.286. The minimum Gasteiger partial charge on any atom is -0.463 e. The molecule has 2 aromatic rings. The fourth-order valence-electron chi connectivity index (χ4n) is 1.83. The number of aromatic nitrogens is 2. The van der Waals surface area contributed by atoms with Gasteiger partial charge in [0.25, 0.3) is 6.01 Å². The second kappa shape index (κ2) is 7.66. The highest BCUT2D eigenvalue weighted by atomic mass is 35.5. The van der Waals surface area contributed by atoms with Crippen LogP contribution in [0.4, 0.5) is 5.69 Å². The molecule has 1 unspecified atom stereocenters. The first-order valence-electron chi connectivity index (χ1n) is 6.50. The Morgan fingerprint density at radius 2 is 2.19 bits per heavy atom. The molecule has 3 rings (SSSR count). The topological polar surface area (TPSA) is 68.2 Å². The van der Waals surface area contributed by atoms with Crippen LogP contribution < -0.4 is 15.4 Å². The van der Waals surface area contributed by atoms with Gasteiger partial charge in [-0.25, -0.2) is 4.98 Å². The third kappa shape index (κ3) is 4.47. The molecule has 2 heterocycles. The van der Waals surface area contributed by atoms with Crippen molar-refractivity contribution in [2.45, 2.75) is 12.6 Å². The molecule has 1 aromatic heterocycles. The second-order valence-corrected chi connectivity index (χ2v) is 4.86. The van der Waals surface area contributed by atoms with Crippen LogP contribution in [-0.4, -0.2) is 35.7 Å². The maximum atomic E-state index is 9.92. The van der Waals surface area contributed by atoms with E-state index >= 15 is 0 Å². The van der Waals surface area contributed by atoms with Gasteiger partial charge in [-0.05, 0) is 31.3 Å². The number of carbonyl (C=O) groups excluding carboxylic acids is 1. The van der Waals surface area contributed by atoms with Gasteiger partial charge in [0.05, 0.1) is 6.04 Å². The number of nitrogens with one attached hydrogen (secondary N) is 2. The first kappa shape index (κ1) is 15.3. The van der Waals surface area contributed by atoms with Crippen LogP contribution in [0.1, 0.15) is 0 Å². The number of likely N-dealkylation sites (N-methyl/N-ethyl adjacent to an activating group) is 1. The SMILES string of the molecule is CNC1COc2nccn2C1.O=CNc1ccc(Cl)cc1. The Kier molecular flexibility index (Phi) is 5.59. The molecule has 7 heteroatoms. The smallest absolute Gasteiger partial charge is 0.296 e. The van der Waals surface area contributed by atoms with Crippen LogP contribution >= 0.6 is 11.6 Å². The number of carbonyl (C=O) groups is 1. The summed E-state index contributed by atoms with van der Waals surface area (Å²) >= 11 is 5.60. The van der Waals surface area contributed by atoms with E-state index in [1.54, 1.807) is 30.5 Å². The van der Waals surface area contributed by atoms with Crippen molar-refractivity contribution >= 4 is 23.7 Å². The van der Waals surface area contributed by atoms with Crippen LogP contribution in [0.25, 0.3) is 0 Å². The van der Waals surface area contributed by atoms with Gasteiger partial charge in [0.2, 0.25) is 6.41 Å². The molecule has 0 fully saturated rings. The Morgan fingerprint density at radius 1 is 1.43 bits per heavy atom. The third-order valence-electron chi connectivity index (χ3n) is 2.99. The number of hydrogen-bond donors (Lipinski definition) is 2. The van der Waals surface area contributed by atoms with Gasteiger partial charge in [-0.2, -0.15) is 0 Å². The van der Waals surface area contributed by atoms with E-state index in [2.05, 4.69) is 15.6 Å². The van der Waals surface area contributed by atoms with Crippen LogP contribution in [0.3, 0.4) is 0 Å². The summed E-state index contributed by atoms with van der Waals surface area (Å²) in [5.41, 5.74) is 0.749. The van der Waals surface area contributed by atoms with Gasteiger partial charge < -0.3 is 15.4 Å². The molecule has 0 saturated carbocycles. The molecule has 1 aliphatic heterocycles. The normalized spacial score (nSPS) is 16.0. The van der Waals surface area contributed by atoms with Gasteiger partial charge in [-0.1, -0.05) is 11.6 Å². The van der Waals surface area contributed by atoms with E-state index in [-0.39, 0.29) is 0 Å². The Balaban J connectivity index is 0.000000155. The van der Waals surface area contributed by atoms with E-state index in [4.69, 9.17) is 16.3 Å². The Morgan fingerprint density at radius 3 is 2.86 bits per heavy atom. The molecule has 1 amide bonds. The van der Waals surface area contributed by atoms with Crippen molar-refractivity contribution in [3.63, 3.8) is 0 Å². The zero-order valence-electron chi connectivity index (χ0n) is 11.6. The van der Waals surface area contributed by atoms with E-state index in [1.807, 2.05) is 17.8 Å². The third-order valence-corrected chi connectivity index (χ3v) is 3.24. The zero-order valence-corrected chi connectivity index (χ0v) is 12.4. The van der Waals surface area contributed by atoms with Crippen LogP contribution in [-0.2, 0) is 11.3 Å². The molecule has 6 nitrogen and oxygen atoms in total. The maximum absolute atomic E-state index is 9.92. The molecule has 1 aliphatic rings. The van der Waals surface area contributed by atoms with Gasteiger partial charge in [-0.15, -0.1) is 0 Å². The highest BCUT2D eigenvalue weighted by molar-refractivity contribution is 6.30. The average molecular weight is 309 g/mol. The highest BCUT2D eigenvalue weighted by Crippen LogP contribution is 2.13. The summed E-state index contributed by atoms with van der Waals surface area (Å²) in [5, 5.41) is 6.32. The summed E-state index contributed by atoms with van der Waals surface area (Å²) in [7, 11) is 1.94. The lowest BCUT2D eigenvalue weighted by molar-refractivity contribution is -0.105. The Hall–Kier alpha value is -2.05. The van der Waals surface area contributed by atoms with Crippen molar-refractivity contribution in [1.29, 1.82) is 0 Å². The lowest BCUT2D eigenvalue weighted by Gasteiger charge is -2.23. The second-order valence-electron chi connectivity index (χ2n) is 4.43. The molecule has 112 valence electrons. The van der Waals surface area contributed by atoms with E-state index in [0.717, 1.165) is 18.2 Å². The Labute approximate surface area is 128 Å². The van der Waals surface area contributed by atoms with Gasteiger partial charge in [-0.3, -0.25) is 9.36 Å². The first-order valence-corrected chi connectivity index (χ1v) is 6.87. The molecule has 1 aromatic carbocycles. The van der Waals surface area contributed by atoms with Crippen molar-refractivity contribution < 1.29 is 9.53 Å². The number of rotatable bonds is 3. The van der Waals surface area contributed by atoms with Crippen molar-refractivity contribution in [2.24, 2.45) is 0 Å². The summed E-state index contributed by atoms with van der Waals surface area (Å²) < 4.78 is 7.36. The number of hydrogen-bond acceptors (Lipinski definition) is 4. The first-order chi connectivity index (χ1) is 10.2. The molecule has 21 heavy (non-hydrogen) atoms. The van der Waals surface area contributed by atoms with Crippen molar-refractivity contribution in [3.05, 3.63) is 41.7 Å². The van der Waals surface area contributed by atoms with E-state index < -0.39 is 0 Å². The monoisotopic (exact) mass is 308 g/mol. The van der Waals surface area contributed by atoms with Crippen LogP contribution in [0.2, 0.25) is 5.02 Å². The van der Waals surface area contributed by atoms with Gasteiger partial charge >= 0.3 is 0 Å². The highest BCUT2D eigenvalue weighted by Gasteiger charge is 2.17. The number of benzene rings is 1. The Bertz CT molecular complexity index is 571. The number of nitrogens with zero attached hydrogens (tertiary/aromatic N) is 2. The number of fused-ring (bicyclic) bond motifs is 1. The molecule has 2 N–H and O–H groups in total. The van der Waals surface area contributed by atoms with Crippen LogP contribution in [0.15, 0.2) is 36.7 Å². The molecular weight excluding hydrogens is 292 g/mol. The van der Waals surface area contributed by atoms with Gasteiger partial charge in [0, 0.05) is 29.6 Å². The van der Waals surface area contributed by atoms with E-state index in [9.17, 15) is 4.79 Å². The summed E-state index contributed by atoms with van der Waals surface area (Å²) in [6, 6.07) is 8.04. The van der Waals surface area contributed by atoms with Crippen molar-refractivity contribution in [2.75, 3.05) is 19.0 Å². The predicted molar refractivity (Wildman–Crippen MR) is 81.7 cm³/mol. The van der Waals surface area contributed by atoms with Crippen LogP contribution in [0.5, 0.6) is 6.01 Å². The van der Waals surface area contributed by atoms with Crippen molar-refractivity contribution in [3.8, 4) is 6.01 Å². The minimum atomic E-state index is 0.414. The average Bonchev–Trinajstić information content (AvgIpc) is 2.98. The molecule has 1 atom stereocenters. The quantitative estimate of drug-likeness (QED) is 0.848. The van der Waals surface area contributed by atoms with Gasteiger partial charge in [0.15, 0.2) is 0 Å². The predicted octanol–water partition coefficient (Wildman–Crippen LogP) is 1.77. The molecule has 0 saturated heterocycles. The number of ether oxygens (including phenoxy) is 1. The molecule has 0 bridgehead atoms. The standard InChI is InChI=1S/C7H6ClNO.C7H11N3O/c8-6-1-3-7(4-2-6)9-5-10;1-8-6-4-10-3-2-9-7(10)11-5-6/h1-5H,(H,9,10);2-3,6,8H,4-5H2,1H3. The van der Waals surface area contributed by atoms with Gasteiger partial charge in [0.1, 0.15) is 6.61 Å². The number of amides is 1. The summed E-state index contributed by atoms with van der Waals surface area (Å²) in [4.78, 5) is 14.0. The maximum Gasteiger partial charge on any atom is 0.296 e. The number of halogens is 1. The fourth-order valence-corrected chi connectivity index (χ4v) is 1.95. The molecule has 0 radical (unpaired) electrons. The van der Waals surface area contributed by atoms with Crippen molar-refractivity contribution in [1.82, 2.24) is 14.9 Å².